The number of furan rings is 1. The van der Waals surface area contributed by atoms with Gasteiger partial charge in [0.05, 0.1) is 11.7 Å². The molecule has 128 valence electrons. The Bertz CT molecular complexity index is 869. The molecule has 0 fully saturated rings. The van der Waals surface area contributed by atoms with Crippen LogP contribution in [0.4, 0.5) is 0 Å². The first kappa shape index (κ1) is 17.4. The lowest BCUT2D eigenvalue weighted by atomic mass is 10.1. The van der Waals surface area contributed by atoms with Crippen LogP contribution in [0.1, 0.15) is 24.3 Å². The Hall–Kier alpha value is -2.42. The van der Waals surface area contributed by atoms with Gasteiger partial charge in [0.25, 0.3) is 0 Å². The summed E-state index contributed by atoms with van der Waals surface area (Å²) in [4.78, 5) is 18.0. The molecule has 0 aliphatic heterocycles. The van der Waals surface area contributed by atoms with Crippen LogP contribution in [0.25, 0.3) is 11.8 Å². The van der Waals surface area contributed by atoms with E-state index in [0.29, 0.717) is 5.76 Å². The third-order valence-electron chi connectivity index (χ3n) is 3.97. The summed E-state index contributed by atoms with van der Waals surface area (Å²) in [5.41, 5.74) is 1.97. The maximum atomic E-state index is 12.4. The van der Waals surface area contributed by atoms with E-state index in [9.17, 15) is 4.79 Å². The van der Waals surface area contributed by atoms with E-state index < -0.39 is 0 Å². The van der Waals surface area contributed by atoms with E-state index in [1.54, 1.807) is 29.0 Å². The van der Waals surface area contributed by atoms with E-state index in [4.69, 9.17) is 4.42 Å². The normalized spacial score (nSPS) is 12.4. The van der Waals surface area contributed by atoms with Crippen LogP contribution in [0.5, 0.6) is 0 Å². The highest BCUT2D eigenvalue weighted by atomic mass is 127. The zero-order valence-corrected chi connectivity index (χ0v) is 16.0. The van der Waals surface area contributed by atoms with Crippen LogP contribution in [-0.4, -0.2) is 32.6 Å². The molecule has 7 heteroatoms. The molecular formula is C18H17IN4O2. The average Bonchev–Trinajstić information content (AvgIpc) is 3.30. The molecule has 3 rings (SSSR count). The summed E-state index contributed by atoms with van der Waals surface area (Å²) in [6, 6.07) is 11.5. The summed E-state index contributed by atoms with van der Waals surface area (Å²) in [5.74, 6) is 0.579. The second-order valence-electron chi connectivity index (χ2n) is 5.53. The molecule has 0 saturated carbocycles. The molecule has 0 saturated heterocycles. The summed E-state index contributed by atoms with van der Waals surface area (Å²) < 4.78 is 7.90. The number of aromatic nitrogens is 3. The quantitative estimate of drug-likeness (QED) is 0.441. The van der Waals surface area contributed by atoms with Crippen molar-refractivity contribution >= 4 is 34.6 Å². The van der Waals surface area contributed by atoms with Crippen molar-refractivity contribution in [1.29, 1.82) is 0 Å². The number of halogens is 1. The monoisotopic (exact) mass is 448 g/mol. The van der Waals surface area contributed by atoms with Gasteiger partial charge in [-0.25, -0.2) is 9.67 Å². The van der Waals surface area contributed by atoms with Crippen LogP contribution >= 0.6 is 22.6 Å². The summed E-state index contributed by atoms with van der Waals surface area (Å²) in [6.45, 7) is 1.99. The first-order valence-corrected chi connectivity index (χ1v) is 8.77. The van der Waals surface area contributed by atoms with E-state index in [2.05, 4.69) is 32.7 Å². The van der Waals surface area contributed by atoms with Gasteiger partial charge >= 0.3 is 0 Å². The van der Waals surface area contributed by atoms with Gasteiger partial charge in [-0.05, 0) is 65.4 Å². The zero-order valence-electron chi connectivity index (χ0n) is 13.8. The maximum Gasteiger partial charge on any atom is 0.246 e. The molecule has 1 atom stereocenters. The predicted octanol–water partition coefficient (Wildman–Crippen LogP) is 3.70. The highest BCUT2D eigenvalue weighted by molar-refractivity contribution is 14.1. The Morgan fingerprint density at radius 3 is 2.64 bits per heavy atom. The number of benzene rings is 1. The lowest BCUT2D eigenvalue weighted by molar-refractivity contribution is -0.126. The van der Waals surface area contributed by atoms with Crippen molar-refractivity contribution in [2.75, 3.05) is 7.05 Å². The first-order chi connectivity index (χ1) is 12.0. The molecule has 0 bridgehead atoms. The number of carbonyl (C=O) groups is 1. The number of hydrogen-bond donors (Lipinski definition) is 0. The fraction of sp³-hybridized carbons (Fsp3) is 0.167. The number of rotatable bonds is 5. The Morgan fingerprint density at radius 2 is 2.04 bits per heavy atom. The predicted molar refractivity (Wildman–Crippen MR) is 103 cm³/mol. The van der Waals surface area contributed by atoms with Gasteiger partial charge in [-0.1, -0.05) is 12.1 Å². The molecular weight excluding hydrogens is 431 g/mol. The molecule has 1 unspecified atom stereocenters. The first-order valence-electron chi connectivity index (χ1n) is 7.70. The Kier molecular flexibility index (Phi) is 5.32. The van der Waals surface area contributed by atoms with Crippen molar-refractivity contribution in [3.05, 3.63) is 70.2 Å². The molecule has 2 aromatic heterocycles. The van der Waals surface area contributed by atoms with Crippen molar-refractivity contribution in [2.24, 2.45) is 0 Å². The minimum atomic E-state index is -0.0840. The third kappa shape index (κ3) is 4.16. The summed E-state index contributed by atoms with van der Waals surface area (Å²) in [7, 11) is 1.79. The Morgan fingerprint density at radius 1 is 1.28 bits per heavy atom. The average molecular weight is 448 g/mol. The van der Waals surface area contributed by atoms with Gasteiger partial charge in [0.15, 0.2) is 3.77 Å². The van der Waals surface area contributed by atoms with Gasteiger partial charge < -0.3 is 9.32 Å². The minimum Gasteiger partial charge on any atom is -0.451 e. The molecule has 3 aromatic rings. The molecule has 25 heavy (non-hydrogen) atoms. The van der Waals surface area contributed by atoms with Gasteiger partial charge in [-0.3, -0.25) is 4.79 Å². The van der Waals surface area contributed by atoms with Crippen LogP contribution in [0.2, 0.25) is 0 Å². The molecule has 1 amide bonds. The lowest BCUT2D eigenvalue weighted by Gasteiger charge is -2.24. The highest BCUT2D eigenvalue weighted by Gasteiger charge is 2.15. The van der Waals surface area contributed by atoms with E-state index in [1.165, 1.54) is 12.4 Å². The highest BCUT2D eigenvalue weighted by Crippen LogP contribution is 2.21. The van der Waals surface area contributed by atoms with Gasteiger partial charge in [-0.2, -0.15) is 5.10 Å². The topological polar surface area (TPSA) is 64.2 Å². The van der Waals surface area contributed by atoms with Crippen molar-refractivity contribution < 1.29 is 9.21 Å². The summed E-state index contributed by atoms with van der Waals surface area (Å²) in [5, 5.41) is 4.10. The second-order valence-corrected chi connectivity index (χ2v) is 6.60. The van der Waals surface area contributed by atoms with E-state index >= 15 is 0 Å². The molecule has 0 aliphatic rings. The molecule has 0 N–H and O–H groups in total. The fourth-order valence-corrected chi connectivity index (χ4v) is 2.78. The molecule has 0 radical (unpaired) electrons. The molecule has 1 aromatic carbocycles. The number of nitrogens with zero attached hydrogens (tertiary/aromatic N) is 4. The SMILES string of the molecule is CC(c1ccc(-n2cncn2)cc1)N(C)C(=O)/C=C/c1ccc(I)o1. The zero-order chi connectivity index (χ0) is 17.8. The number of likely N-dealkylation sites (N-methyl/N-ethyl adjacent to an activating group) is 1. The van der Waals surface area contributed by atoms with Gasteiger partial charge in [0, 0.05) is 13.1 Å². The largest absolute Gasteiger partial charge is 0.451 e. The Labute approximate surface area is 159 Å². The van der Waals surface area contributed by atoms with Crippen molar-refractivity contribution in [1.82, 2.24) is 19.7 Å². The molecule has 2 heterocycles. The second kappa shape index (κ2) is 7.64. The van der Waals surface area contributed by atoms with Gasteiger partial charge in [0.2, 0.25) is 5.91 Å². The standard InChI is InChI=1S/C18H17IN4O2/c1-13(14-3-5-15(6-4-14)23-12-20-11-21-23)22(2)18(24)10-8-16-7-9-17(19)25-16/h3-13H,1-2H3/b10-8+. The number of hydrogen-bond acceptors (Lipinski definition) is 4. The molecule has 0 aliphatic carbocycles. The van der Waals surface area contributed by atoms with Gasteiger partial charge in [-0.15, -0.1) is 0 Å². The van der Waals surface area contributed by atoms with Crippen LogP contribution in [0, 0.1) is 3.77 Å². The number of amides is 1. The van der Waals surface area contributed by atoms with E-state index in [0.717, 1.165) is 15.0 Å². The van der Waals surface area contributed by atoms with Crippen LogP contribution in [0.15, 0.2) is 59.5 Å². The van der Waals surface area contributed by atoms with Gasteiger partial charge in [0.1, 0.15) is 18.4 Å². The lowest BCUT2D eigenvalue weighted by Crippen LogP contribution is -2.27. The smallest absolute Gasteiger partial charge is 0.246 e. The molecule has 6 nitrogen and oxygen atoms in total. The maximum absolute atomic E-state index is 12.4. The summed E-state index contributed by atoms with van der Waals surface area (Å²) >= 11 is 2.09. The third-order valence-corrected chi connectivity index (χ3v) is 4.55. The van der Waals surface area contributed by atoms with Crippen molar-refractivity contribution in [2.45, 2.75) is 13.0 Å². The minimum absolute atomic E-state index is 0.0568. The van der Waals surface area contributed by atoms with Crippen LogP contribution < -0.4 is 0 Å². The van der Waals surface area contributed by atoms with Crippen molar-refractivity contribution in [3.8, 4) is 5.69 Å². The molecule has 0 spiro atoms. The fourth-order valence-electron chi connectivity index (χ4n) is 2.35. The summed E-state index contributed by atoms with van der Waals surface area (Å²) in [6.07, 6.45) is 6.35. The van der Waals surface area contributed by atoms with Crippen molar-refractivity contribution in [3.63, 3.8) is 0 Å². The van der Waals surface area contributed by atoms with Crippen LogP contribution in [0.3, 0.4) is 0 Å². The van der Waals surface area contributed by atoms with Crippen LogP contribution in [-0.2, 0) is 4.79 Å². The Balaban J connectivity index is 1.67. The van der Waals surface area contributed by atoms with E-state index in [1.807, 2.05) is 43.3 Å². The number of carbonyl (C=O) groups excluding carboxylic acids is 1. The van der Waals surface area contributed by atoms with E-state index in [-0.39, 0.29) is 11.9 Å².